The highest BCUT2D eigenvalue weighted by molar-refractivity contribution is 7.98. The van der Waals surface area contributed by atoms with Gasteiger partial charge in [-0.3, -0.25) is 0 Å². The third-order valence-electron chi connectivity index (χ3n) is 7.11. The summed E-state index contributed by atoms with van der Waals surface area (Å²) < 4.78 is 19.5. The molecule has 37 heavy (non-hydrogen) atoms. The van der Waals surface area contributed by atoms with Crippen LogP contribution in [0.25, 0.3) is 10.9 Å². The van der Waals surface area contributed by atoms with E-state index in [9.17, 15) is 9.50 Å². The van der Waals surface area contributed by atoms with Gasteiger partial charge in [-0.15, -0.1) is 11.8 Å². The Balaban J connectivity index is 1.93. The van der Waals surface area contributed by atoms with Gasteiger partial charge in [0.1, 0.15) is 5.83 Å². The number of thioether (sulfide) groups is 1. The van der Waals surface area contributed by atoms with Gasteiger partial charge in [0.25, 0.3) is 0 Å². The van der Waals surface area contributed by atoms with Crippen LogP contribution < -0.4 is 10.1 Å². The lowest BCUT2D eigenvalue weighted by molar-refractivity contribution is -0.0541. The molecule has 4 rings (SSSR count). The van der Waals surface area contributed by atoms with E-state index in [0.29, 0.717) is 42.4 Å². The number of hydrogen-bond donors (Lipinski definition) is 2. The number of halogens is 2. The molecule has 2 heterocycles. The minimum Gasteiger partial charge on any atom is -0.481 e. The molecule has 0 amide bonds. The average molecular weight is 539 g/mol. The highest BCUT2D eigenvalue weighted by Gasteiger charge is 2.48. The molecule has 4 nitrogen and oxygen atoms in total. The van der Waals surface area contributed by atoms with Crippen LogP contribution in [-0.4, -0.2) is 42.1 Å². The van der Waals surface area contributed by atoms with Gasteiger partial charge in [0, 0.05) is 39.2 Å². The van der Waals surface area contributed by atoms with Gasteiger partial charge in [0.05, 0.1) is 18.2 Å². The predicted octanol–water partition coefficient (Wildman–Crippen LogP) is 7.08. The number of benzene rings is 2. The van der Waals surface area contributed by atoms with Crippen LogP contribution in [0.1, 0.15) is 29.9 Å². The Bertz CT molecular complexity index is 1330. The molecular weight excluding hydrogens is 507 g/mol. The normalized spacial score (nSPS) is 21.0. The van der Waals surface area contributed by atoms with Crippen LogP contribution in [0.5, 0.6) is 5.88 Å². The highest BCUT2D eigenvalue weighted by atomic mass is 35.5. The number of aromatic nitrogens is 1. The van der Waals surface area contributed by atoms with Crippen molar-refractivity contribution in [3.05, 3.63) is 101 Å². The summed E-state index contributed by atoms with van der Waals surface area (Å²) >= 11 is 7.91. The van der Waals surface area contributed by atoms with Crippen LogP contribution in [-0.2, 0) is 0 Å². The van der Waals surface area contributed by atoms with Crippen molar-refractivity contribution in [2.75, 3.05) is 26.5 Å². The van der Waals surface area contributed by atoms with Gasteiger partial charge in [-0.05, 0) is 79.3 Å². The van der Waals surface area contributed by atoms with Crippen molar-refractivity contribution < 1.29 is 14.2 Å². The van der Waals surface area contributed by atoms with Crippen LogP contribution in [0.2, 0.25) is 5.02 Å². The quantitative estimate of drug-likeness (QED) is 0.225. The first-order valence-corrected chi connectivity index (χ1v) is 13.8. The Morgan fingerprint density at radius 3 is 2.73 bits per heavy atom. The van der Waals surface area contributed by atoms with Gasteiger partial charge < -0.3 is 15.2 Å². The molecule has 0 aliphatic carbocycles. The van der Waals surface area contributed by atoms with E-state index in [4.69, 9.17) is 21.3 Å². The van der Waals surface area contributed by atoms with Gasteiger partial charge in [-0.25, -0.2) is 9.37 Å². The predicted molar refractivity (Wildman–Crippen MR) is 152 cm³/mol. The van der Waals surface area contributed by atoms with E-state index in [1.165, 1.54) is 6.08 Å². The number of methoxy groups -OCH3 is 1. The van der Waals surface area contributed by atoms with Crippen LogP contribution in [0.15, 0.2) is 90.1 Å². The Morgan fingerprint density at radius 1 is 1.32 bits per heavy atom. The maximum Gasteiger partial charge on any atom is 0.217 e. The molecule has 1 fully saturated rings. The lowest BCUT2D eigenvalue weighted by Gasteiger charge is -2.46. The lowest BCUT2D eigenvalue weighted by Crippen LogP contribution is -2.54. The SMILES string of the molecule is C=C/C(=C\C(=C)F)CC1CNCCC1(O)C(c1ccc(Cl)cc1)c1cc2cc(SC)ccc2nc1OC. The van der Waals surface area contributed by atoms with Gasteiger partial charge in [-0.2, -0.15) is 0 Å². The summed E-state index contributed by atoms with van der Waals surface area (Å²) in [6.07, 6.45) is 5.95. The largest absolute Gasteiger partial charge is 0.481 e. The number of ether oxygens (including phenoxy) is 1. The fourth-order valence-corrected chi connectivity index (χ4v) is 5.88. The van der Waals surface area contributed by atoms with Crippen molar-refractivity contribution in [3.8, 4) is 5.88 Å². The number of aliphatic hydroxyl groups is 1. The third-order valence-corrected chi connectivity index (χ3v) is 8.09. The fourth-order valence-electron chi connectivity index (χ4n) is 5.30. The maximum absolute atomic E-state index is 13.7. The van der Waals surface area contributed by atoms with Crippen LogP contribution in [0, 0.1) is 5.92 Å². The lowest BCUT2D eigenvalue weighted by atomic mass is 9.66. The van der Waals surface area contributed by atoms with E-state index >= 15 is 0 Å². The Morgan fingerprint density at radius 2 is 2.08 bits per heavy atom. The summed E-state index contributed by atoms with van der Waals surface area (Å²) in [5, 5.41) is 17.6. The molecule has 2 N–H and O–H groups in total. The van der Waals surface area contributed by atoms with Crippen LogP contribution in [0.4, 0.5) is 4.39 Å². The second-order valence-corrected chi connectivity index (χ2v) is 10.7. The van der Waals surface area contributed by atoms with Crippen molar-refractivity contribution >= 4 is 34.3 Å². The van der Waals surface area contributed by atoms with Crippen LogP contribution >= 0.6 is 23.4 Å². The van der Waals surface area contributed by atoms with E-state index in [1.807, 2.05) is 42.7 Å². The molecule has 0 saturated carbocycles. The number of pyridine rings is 1. The second-order valence-electron chi connectivity index (χ2n) is 9.35. The van der Waals surface area contributed by atoms with Crippen molar-refractivity contribution in [2.24, 2.45) is 5.92 Å². The standard InChI is InChI=1S/C30H32ClFN2O2S/c1-5-20(14-19(2)32)15-23-18-33-13-12-30(23,35)28(21-6-8-24(31)9-7-21)26-17-22-16-25(37-4)10-11-27(22)34-29(26)36-3/h5-11,14,16-17,23,28,33,35H,1-2,12-13,15,18H2,3-4H3/b20-14+. The molecule has 3 unspecified atom stereocenters. The molecule has 7 heteroatoms. The highest BCUT2D eigenvalue weighted by Crippen LogP contribution is 2.48. The molecule has 3 aromatic rings. The van der Waals surface area contributed by atoms with Crippen molar-refractivity contribution in [1.29, 1.82) is 0 Å². The molecule has 3 atom stereocenters. The first-order valence-electron chi connectivity index (χ1n) is 12.2. The summed E-state index contributed by atoms with van der Waals surface area (Å²) in [5.41, 5.74) is 2.00. The van der Waals surface area contributed by atoms with Crippen molar-refractivity contribution in [2.45, 2.75) is 29.3 Å². The van der Waals surface area contributed by atoms with E-state index < -0.39 is 17.3 Å². The summed E-state index contributed by atoms with van der Waals surface area (Å²) in [7, 11) is 1.60. The number of rotatable bonds is 9. The first-order chi connectivity index (χ1) is 17.8. The molecule has 0 bridgehead atoms. The summed E-state index contributed by atoms with van der Waals surface area (Å²) in [4.78, 5) is 5.95. The number of hydrogen-bond acceptors (Lipinski definition) is 5. The molecule has 2 aromatic carbocycles. The first kappa shape index (κ1) is 27.4. The van der Waals surface area contributed by atoms with Gasteiger partial charge in [0.15, 0.2) is 0 Å². The topological polar surface area (TPSA) is 54.4 Å². The molecule has 0 spiro atoms. The molecule has 194 valence electrons. The zero-order valence-corrected chi connectivity index (χ0v) is 22.7. The minimum absolute atomic E-state index is 0.247. The summed E-state index contributed by atoms with van der Waals surface area (Å²) in [6, 6.07) is 15.7. The number of fused-ring (bicyclic) bond motifs is 1. The van der Waals surface area contributed by atoms with E-state index in [1.54, 1.807) is 24.9 Å². The summed E-state index contributed by atoms with van der Waals surface area (Å²) in [6.45, 7) is 8.42. The molecule has 1 aromatic heterocycles. The smallest absolute Gasteiger partial charge is 0.217 e. The maximum atomic E-state index is 13.7. The number of allylic oxidation sites excluding steroid dienone is 4. The fraction of sp³-hybridized carbons (Fsp3) is 0.300. The van der Waals surface area contributed by atoms with E-state index in [2.05, 4.69) is 30.6 Å². The Hall–Kier alpha value is -2.64. The molecule has 1 saturated heterocycles. The third kappa shape index (κ3) is 5.93. The minimum atomic E-state index is -1.20. The molecule has 1 aliphatic heterocycles. The number of nitrogens with one attached hydrogen (secondary N) is 1. The van der Waals surface area contributed by atoms with E-state index in [-0.39, 0.29) is 5.92 Å². The number of piperidine rings is 1. The molecular formula is C30H32ClFN2O2S. The monoisotopic (exact) mass is 538 g/mol. The number of nitrogens with zero attached hydrogens (tertiary/aromatic N) is 1. The molecule has 1 aliphatic rings. The Labute approximate surface area is 227 Å². The van der Waals surface area contributed by atoms with Crippen molar-refractivity contribution in [1.82, 2.24) is 10.3 Å². The van der Waals surface area contributed by atoms with Gasteiger partial charge in [-0.1, -0.05) is 43.0 Å². The van der Waals surface area contributed by atoms with Crippen molar-refractivity contribution in [3.63, 3.8) is 0 Å². The van der Waals surface area contributed by atoms with Gasteiger partial charge >= 0.3 is 0 Å². The zero-order valence-electron chi connectivity index (χ0n) is 21.1. The van der Waals surface area contributed by atoms with E-state index in [0.717, 1.165) is 26.9 Å². The molecule has 0 radical (unpaired) electrons. The van der Waals surface area contributed by atoms with Gasteiger partial charge in [0.2, 0.25) is 5.88 Å². The average Bonchev–Trinajstić information content (AvgIpc) is 2.89. The Kier molecular flexibility index (Phi) is 8.75. The zero-order chi connectivity index (χ0) is 26.6. The van der Waals surface area contributed by atoms with Crippen LogP contribution in [0.3, 0.4) is 0 Å². The summed E-state index contributed by atoms with van der Waals surface area (Å²) in [5.74, 6) is -0.794. The second kappa shape index (κ2) is 11.8.